The molecule has 0 aliphatic carbocycles. The summed E-state index contributed by atoms with van der Waals surface area (Å²) in [4.78, 5) is 18.0. The SMILES string of the molecule is COCC(=O)N(C)CCN(C)C1CCN(C)CC1. The van der Waals surface area contributed by atoms with Gasteiger partial charge in [0, 0.05) is 33.3 Å². The number of ether oxygens (including phenoxy) is 1. The second-order valence-electron chi connectivity index (χ2n) is 5.26. The molecule has 0 aromatic heterocycles. The molecule has 0 N–H and O–H groups in total. The van der Waals surface area contributed by atoms with Gasteiger partial charge in [-0.2, -0.15) is 0 Å². The van der Waals surface area contributed by atoms with Crippen LogP contribution in [0.25, 0.3) is 0 Å². The van der Waals surface area contributed by atoms with Gasteiger partial charge in [-0.05, 0) is 40.0 Å². The van der Waals surface area contributed by atoms with Crippen LogP contribution in [-0.4, -0.2) is 87.7 Å². The zero-order valence-electron chi connectivity index (χ0n) is 12.2. The first kappa shape index (κ1) is 15.4. The maximum Gasteiger partial charge on any atom is 0.248 e. The predicted molar refractivity (Wildman–Crippen MR) is 72.7 cm³/mol. The summed E-state index contributed by atoms with van der Waals surface area (Å²) in [5.74, 6) is 0.0503. The second kappa shape index (κ2) is 7.71. The van der Waals surface area contributed by atoms with Gasteiger partial charge in [0.2, 0.25) is 5.91 Å². The molecule has 5 nitrogen and oxygen atoms in total. The van der Waals surface area contributed by atoms with E-state index in [1.165, 1.54) is 25.9 Å². The Balaban J connectivity index is 2.23. The number of methoxy groups -OCH3 is 1. The van der Waals surface area contributed by atoms with Gasteiger partial charge in [-0.25, -0.2) is 0 Å². The molecule has 0 spiro atoms. The van der Waals surface area contributed by atoms with Gasteiger partial charge in [0.25, 0.3) is 0 Å². The highest BCUT2D eigenvalue weighted by Crippen LogP contribution is 2.13. The summed E-state index contributed by atoms with van der Waals surface area (Å²) in [7, 11) is 7.72. The van der Waals surface area contributed by atoms with E-state index in [4.69, 9.17) is 4.74 Å². The topological polar surface area (TPSA) is 36.0 Å². The van der Waals surface area contributed by atoms with Crippen LogP contribution in [-0.2, 0) is 9.53 Å². The zero-order valence-corrected chi connectivity index (χ0v) is 12.2. The van der Waals surface area contributed by atoms with Crippen molar-refractivity contribution < 1.29 is 9.53 Å². The summed E-state index contributed by atoms with van der Waals surface area (Å²) < 4.78 is 4.85. The van der Waals surface area contributed by atoms with E-state index in [0.717, 1.165) is 13.1 Å². The molecule has 0 radical (unpaired) electrons. The molecule has 0 saturated carbocycles. The average molecular weight is 257 g/mol. The van der Waals surface area contributed by atoms with Gasteiger partial charge in [0.1, 0.15) is 6.61 Å². The van der Waals surface area contributed by atoms with E-state index < -0.39 is 0 Å². The first-order chi connectivity index (χ1) is 8.54. The molecule has 1 fully saturated rings. The fraction of sp³-hybridized carbons (Fsp3) is 0.923. The summed E-state index contributed by atoms with van der Waals surface area (Å²) in [5, 5.41) is 0. The van der Waals surface area contributed by atoms with Crippen LogP contribution in [0.2, 0.25) is 0 Å². The van der Waals surface area contributed by atoms with Crippen molar-refractivity contribution in [2.24, 2.45) is 0 Å². The normalized spacial score (nSPS) is 18.3. The Hall–Kier alpha value is -0.650. The number of likely N-dealkylation sites (tertiary alicyclic amines) is 1. The van der Waals surface area contributed by atoms with Crippen molar-refractivity contribution in [1.29, 1.82) is 0 Å². The standard InChI is InChI=1S/C13H27N3O2/c1-14-7-5-12(6-8-14)15(2)9-10-16(3)13(17)11-18-4/h12H,5-11H2,1-4H3. The van der Waals surface area contributed by atoms with Gasteiger partial charge in [0.15, 0.2) is 0 Å². The van der Waals surface area contributed by atoms with Crippen molar-refractivity contribution >= 4 is 5.91 Å². The van der Waals surface area contributed by atoms with Crippen molar-refractivity contribution in [3.05, 3.63) is 0 Å². The molecular weight excluding hydrogens is 230 g/mol. The molecule has 1 heterocycles. The Morgan fingerprint density at radius 2 is 1.89 bits per heavy atom. The van der Waals surface area contributed by atoms with Gasteiger partial charge in [-0.15, -0.1) is 0 Å². The lowest BCUT2D eigenvalue weighted by Gasteiger charge is -2.35. The van der Waals surface area contributed by atoms with E-state index in [9.17, 15) is 4.79 Å². The van der Waals surface area contributed by atoms with Crippen LogP contribution in [0.3, 0.4) is 0 Å². The molecule has 0 atom stereocenters. The van der Waals surface area contributed by atoms with Gasteiger partial charge < -0.3 is 19.4 Å². The molecule has 1 amide bonds. The van der Waals surface area contributed by atoms with Crippen molar-refractivity contribution in [3.63, 3.8) is 0 Å². The lowest BCUT2D eigenvalue weighted by molar-refractivity contribution is -0.134. The molecular formula is C13H27N3O2. The minimum Gasteiger partial charge on any atom is -0.375 e. The molecule has 0 unspecified atom stereocenters. The van der Waals surface area contributed by atoms with E-state index in [0.29, 0.717) is 6.04 Å². The molecule has 1 aliphatic rings. The number of likely N-dealkylation sites (N-methyl/N-ethyl adjacent to an activating group) is 2. The first-order valence-electron chi connectivity index (χ1n) is 6.66. The van der Waals surface area contributed by atoms with Crippen LogP contribution in [0.5, 0.6) is 0 Å². The van der Waals surface area contributed by atoms with Crippen LogP contribution in [0, 0.1) is 0 Å². The first-order valence-corrected chi connectivity index (χ1v) is 6.66. The number of hydrogen-bond donors (Lipinski definition) is 0. The van der Waals surface area contributed by atoms with E-state index >= 15 is 0 Å². The molecule has 0 aromatic carbocycles. The second-order valence-corrected chi connectivity index (χ2v) is 5.26. The van der Waals surface area contributed by atoms with Gasteiger partial charge in [-0.1, -0.05) is 0 Å². The van der Waals surface area contributed by atoms with Crippen LogP contribution in [0.4, 0.5) is 0 Å². The van der Waals surface area contributed by atoms with E-state index in [-0.39, 0.29) is 12.5 Å². The monoisotopic (exact) mass is 257 g/mol. The fourth-order valence-corrected chi connectivity index (χ4v) is 2.28. The summed E-state index contributed by atoms with van der Waals surface area (Å²) in [6.07, 6.45) is 2.45. The molecule has 0 aromatic rings. The predicted octanol–water partition coefficient (Wildman–Crippen LogP) is 0.117. The van der Waals surface area contributed by atoms with E-state index in [1.807, 2.05) is 7.05 Å². The summed E-state index contributed by atoms with van der Waals surface area (Å²) in [6.45, 7) is 4.22. The molecule has 1 rings (SSSR count). The fourth-order valence-electron chi connectivity index (χ4n) is 2.28. The molecule has 0 bridgehead atoms. The number of rotatable bonds is 6. The summed E-state index contributed by atoms with van der Waals surface area (Å²) in [5.41, 5.74) is 0. The minimum absolute atomic E-state index is 0.0503. The Bertz CT molecular complexity index is 253. The lowest BCUT2D eigenvalue weighted by Crippen LogP contribution is -2.45. The number of piperidine rings is 1. The van der Waals surface area contributed by atoms with E-state index in [1.54, 1.807) is 12.0 Å². The average Bonchev–Trinajstić information content (AvgIpc) is 2.36. The quantitative estimate of drug-likeness (QED) is 0.677. The third-order valence-corrected chi connectivity index (χ3v) is 3.79. The third kappa shape index (κ3) is 4.92. The number of carbonyl (C=O) groups excluding carboxylic acids is 1. The summed E-state index contributed by atoms with van der Waals surface area (Å²) in [6, 6.07) is 0.659. The van der Waals surface area contributed by atoms with Crippen molar-refractivity contribution in [3.8, 4) is 0 Å². The Morgan fingerprint density at radius 1 is 1.28 bits per heavy atom. The van der Waals surface area contributed by atoms with E-state index in [2.05, 4.69) is 23.9 Å². The highest BCUT2D eigenvalue weighted by molar-refractivity contribution is 5.77. The summed E-state index contributed by atoms with van der Waals surface area (Å²) >= 11 is 0. The molecule has 1 aliphatic heterocycles. The smallest absolute Gasteiger partial charge is 0.248 e. The Morgan fingerprint density at radius 3 is 2.44 bits per heavy atom. The molecule has 106 valence electrons. The van der Waals surface area contributed by atoms with Crippen molar-refractivity contribution in [2.45, 2.75) is 18.9 Å². The maximum absolute atomic E-state index is 11.6. The third-order valence-electron chi connectivity index (χ3n) is 3.79. The highest BCUT2D eigenvalue weighted by atomic mass is 16.5. The van der Waals surface area contributed by atoms with Crippen LogP contribution in [0.15, 0.2) is 0 Å². The van der Waals surface area contributed by atoms with Crippen molar-refractivity contribution in [2.75, 3.05) is 61.0 Å². The van der Waals surface area contributed by atoms with Crippen LogP contribution < -0.4 is 0 Å². The van der Waals surface area contributed by atoms with Crippen LogP contribution >= 0.6 is 0 Å². The van der Waals surface area contributed by atoms with Crippen molar-refractivity contribution in [1.82, 2.24) is 14.7 Å². The maximum atomic E-state index is 11.6. The Kier molecular flexibility index (Phi) is 6.60. The van der Waals surface area contributed by atoms with Gasteiger partial charge in [0.05, 0.1) is 0 Å². The van der Waals surface area contributed by atoms with Gasteiger partial charge >= 0.3 is 0 Å². The van der Waals surface area contributed by atoms with Crippen LogP contribution in [0.1, 0.15) is 12.8 Å². The number of hydrogen-bond acceptors (Lipinski definition) is 4. The number of amides is 1. The minimum atomic E-state index is 0.0503. The number of nitrogens with zero attached hydrogens (tertiary/aromatic N) is 3. The van der Waals surface area contributed by atoms with Gasteiger partial charge in [-0.3, -0.25) is 4.79 Å². The largest absolute Gasteiger partial charge is 0.375 e. The highest BCUT2D eigenvalue weighted by Gasteiger charge is 2.20. The number of carbonyl (C=O) groups is 1. The zero-order chi connectivity index (χ0) is 13.5. The molecule has 1 saturated heterocycles. The molecule has 5 heteroatoms. The Labute approximate surface area is 111 Å². The molecule has 18 heavy (non-hydrogen) atoms. The lowest BCUT2D eigenvalue weighted by atomic mass is 10.0.